The number of carbonyl (C=O) groups is 1. The lowest BCUT2D eigenvalue weighted by Crippen LogP contribution is -2.56. The molecule has 1 aliphatic rings. The molecule has 2 heterocycles. The van der Waals surface area contributed by atoms with Gasteiger partial charge in [-0.1, -0.05) is 17.7 Å². The molecule has 3 rings (SSSR count). The van der Waals surface area contributed by atoms with Crippen LogP contribution in [0.3, 0.4) is 0 Å². The van der Waals surface area contributed by atoms with E-state index in [2.05, 4.69) is 4.98 Å². The van der Waals surface area contributed by atoms with E-state index in [0.717, 1.165) is 0 Å². The predicted octanol–water partition coefficient (Wildman–Crippen LogP) is 2.65. The second-order valence-electron chi connectivity index (χ2n) is 4.96. The van der Waals surface area contributed by atoms with Gasteiger partial charge in [0.05, 0.1) is 25.8 Å². The van der Waals surface area contributed by atoms with E-state index in [9.17, 15) is 4.79 Å². The van der Waals surface area contributed by atoms with Crippen molar-refractivity contribution < 1.29 is 14.3 Å². The van der Waals surface area contributed by atoms with E-state index in [-0.39, 0.29) is 12.0 Å². The van der Waals surface area contributed by atoms with Crippen molar-refractivity contribution in [2.24, 2.45) is 0 Å². The van der Waals surface area contributed by atoms with Crippen molar-refractivity contribution in [2.45, 2.75) is 6.10 Å². The number of likely N-dealkylation sites (tertiary alicyclic amines) is 1. The van der Waals surface area contributed by atoms with Gasteiger partial charge in [-0.2, -0.15) is 0 Å². The molecule has 0 N–H and O–H groups in total. The number of hydrogen-bond donors (Lipinski definition) is 0. The highest BCUT2D eigenvalue weighted by molar-refractivity contribution is 6.31. The molecule has 22 heavy (non-hydrogen) atoms. The number of hydrogen-bond acceptors (Lipinski definition) is 4. The quantitative estimate of drug-likeness (QED) is 0.869. The Kier molecular flexibility index (Phi) is 4.15. The number of halogens is 1. The topological polar surface area (TPSA) is 51.7 Å². The standard InChI is InChI=1S/C16H15ClN2O3/c1-21-14-6-5-11(17)8-13(14)16(20)19-9-12(10-19)22-15-4-2-3-7-18-15/h2-8,12H,9-10H2,1H3. The molecular formula is C16H15ClN2O3. The molecular weight excluding hydrogens is 304 g/mol. The van der Waals surface area contributed by atoms with Crippen LogP contribution in [-0.4, -0.2) is 42.1 Å². The summed E-state index contributed by atoms with van der Waals surface area (Å²) in [4.78, 5) is 18.3. The van der Waals surface area contributed by atoms with Gasteiger partial charge in [0.15, 0.2) is 0 Å². The summed E-state index contributed by atoms with van der Waals surface area (Å²) >= 11 is 5.96. The second kappa shape index (κ2) is 6.23. The number of carbonyl (C=O) groups excluding carboxylic acids is 1. The highest BCUT2D eigenvalue weighted by atomic mass is 35.5. The molecule has 1 aromatic carbocycles. The van der Waals surface area contributed by atoms with Crippen LogP contribution < -0.4 is 9.47 Å². The zero-order valence-electron chi connectivity index (χ0n) is 12.0. The molecule has 0 unspecified atom stereocenters. The van der Waals surface area contributed by atoms with Crippen LogP contribution in [0.15, 0.2) is 42.6 Å². The number of ether oxygens (including phenoxy) is 2. The Hall–Kier alpha value is -2.27. The summed E-state index contributed by atoms with van der Waals surface area (Å²) in [5.74, 6) is 0.976. The molecule has 1 fully saturated rings. The summed E-state index contributed by atoms with van der Waals surface area (Å²) in [5.41, 5.74) is 0.464. The lowest BCUT2D eigenvalue weighted by Gasteiger charge is -2.38. The number of benzene rings is 1. The molecule has 0 bridgehead atoms. The largest absolute Gasteiger partial charge is 0.496 e. The van der Waals surface area contributed by atoms with Gasteiger partial charge in [-0.25, -0.2) is 4.98 Å². The fourth-order valence-electron chi connectivity index (χ4n) is 2.28. The summed E-state index contributed by atoms with van der Waals surface area (Å²) < 4.78 is 10.9. The normalized spacial score (nSPS) is 14.4. The fourth-order valence-corrected chi connectivity index (χ4v) is 2.46. The van der Waals surface area contributed by atoms with Gasteiger partial charge in [-0.05, 0) is 24.3 Å². The van der Waals surface area contributed by atoms with Crippen LogP contribution in [0.1, 0.15) is 10.4 Å². The molecule has 0 radical (unpaired) electrons. The lowest BCUT2D eigenvalue weighted by molar-refractivity contribution is 0.0158. The first-order valence-electron chi connectivity index (χ1n) is 6.88. The average Bonchev–Trinajstić information content (AvgIpc) is 2.51. The lowest BCUT2D eigenvalue weighted by atomic mass is 10.1. The van der Waals surface area contributed by atoms with E-state index in [0.29, 0.717) is 35.3 Å². The average molecular weight is 319 g/mol. The number of nitrogens with zero attached hydrogens (tertiary/aromatic N) is 2. The third kappa shape index (κ3) is 2.99. The van der Waals surface area contributed by atoms with Crippen molar-refractivity contribution >= 4 is 17.5 Å². The molecule has 5 nitrogen and oxygen atoms in total. The first kappa shape index (κ1) is 14.7. The highest BCUT2D eigenvalue weighted by Crippen LogP contribution is 2.26. The molecule has 0 saturated carbocycles. The van der Waals surface area contributed by atoms with Crippen molar-refractivity contribution in [1.29, 1.82) is 0 Å². The molecule has 2 aromatic rings. The maximum atomic E-state index is 12.5. The van der Waals surface area contributed by atoms with Crippen LogP contribution in [0.4, 0.5) is 0 Å². The van der Waals surface area contributed by atoms with E-state index in [1.807, 2.05) is 12.1 Å². The molecule has 1 saturated heterocycles. The number of aromatic nitrogens is 1. The van der Waals surface area contributed by atoms with E-state index in [1.165, 1.54) is 7.11 Å². The first-order chi connectivity index (χ1) is 10.7. The molecule has 0 atom stereocenters. The SMILES string of the molecule is COc1ccc(Cl)cc1C(=O)N1CC(Oc2ccccn2)C1. The Morgan fingerprint density at radius 3 is 2.82 bits per heavy atom. The Labute approximate surface area is 133 Å². The van der Waals surface area contributed by atoms with Crippen LogP contribution in [0.5, 0.6) is 11.6 Å². The van der Waals surface area contributed by atoms with E-state index in [1.54, 1.807) is 35.4 Å². The summed E-state index contributed by atoms with van der Waals surface area (Å²) in [6, 6.07) is 10.5. The number of amides is 1. The number of rotatable bonds is 4. The Morgan fingerprint density at radius 2 is 2.14 bits per heavy atom. The van der Waals surface area contributed by atoms with Gasteiger partial charge in [0.2, 0.25) is 5.88 Å². The van der Waals surface area contributed by atoms with Crippen molar-refractivity contribution in [1.82, 2.24) is 9.88 Å². The van der Waals surface area contributed by atoms with Gasteiger partial charge in [-0.3, -0.25) is 4.79 Å². The Morgan fingerprint density at radius 1 is 1.32 bits per heavy atom. The minimum atomic E-state index is -0.111. The van der Waals surface area contributed by atoms with Gasteiger partial charge >= 0.3 is 0 Å². The Balaban J connectivity index is 1.63. The molecule has 0 aliphatic carbocycles. The van der Waals surface area contributed by atoms with Crippen molar-refractivity contribution in [3.05, 3.63) is 53.2 Å². The van der Waals surface area contributed by atoms with Gasteiger partial charge in [0, 0.05) is 17.3 Å². The molecule has 1 amide bonds. The number of pyridine rings is 1. The van der Waals surface area contributed by atoms with Gasteiger partial charge < -0.3 is 14.4 Å². The van der Waals surface area contributed by atoms with Gasteiger partial charge in [0.25, 0.3) is 5.91 Å². The zero-order chi connectivity index (χ0) is 15.5. The molecule has 1 aliphatic heterocycles. The van der Waals surface area contributed by atoms with Crippen LogP contribution in [0, 0.1) is 0 Å². The second-order valence-corrected chi connectivity index (χ2v) is 5.40. The maximum Gasteiger partial charge on any atom is 0.257 e. The smallest absolute Gasteiger partial charge is 0.257 e. The summed E-state index contributed by atoms with van der Waals surface area (Å²) in [5, 5.41) is 0.506. The van der Waals surface area contributed by atoms with E-state index in [4.69, 9.17) is 21.1 Å². The predicted molar refractivity (Wildman–Crippen MR) is 82.6 cm³/mol. The maximum absolute atomic E-state index is 12.5. The molecule has 0 spiro atoms. The molecule has 114 valence electrons. The molecule has 1 aromatic heterocycles. The number of methoxy groups -OCH3 is 1. The van der Waals surface area contributed by atoms with Gasteiger partial charge in [0.1, 0.15) is 11.9 Å². The monoisotopic (exact) mass is 318 g/mol. The third-order valence-electron chi connectivity index (χ3n) is 3.45. The first-order valence-corrected chi connectivity index (χ1v) is 7.25. The fraction of sp³-hybridized carbons (Fsp3) is 0.250. The summed E-state index contributed by atoms with van der Waals surface area (Å²) in [7, 11) is 1.53. The summed E-state index contributed by atoms with van der Waals surface area (Å²) in [6.07, 6.45) is 1.64. The minimum Gasteiger partial charge on any atom is -0.496 e. The van der Waals surface area contributed by atoms with Crippen LogP contribution in [0.2, 0.25) is 5.02 Å². The van der Waals surface area contributed by atoms with E-state index < -0.39 is 0 Å². The summed E-state index contributed by atoms with van der Waals surface area (Å²) in [6.45, 7) is 1.04. The van der Waals surface area contributed by atoms with Crippen molar-refractivity contribution in [2.75, 3.05) is 20.2 Å². The van der Waals surface area contributed by atoms with Crippen molar-refractivity contribution in [3.63, 3.8) is 0 Å². The van der Waals surface area contributed by atoms with Crippen LogP contribution in [0.25, 0.3) is 0 Å². The van der Waals surface area contributed by atoms with Crippen LogP contribution in [-0.2, 0) is 0 Å². The molecule has 6 heteroatoms. The zero-order valence-corrected chi connectivity index (χ0v) is 12.8. The highest BCUT2D eigenvalue weighted by Gasteiger charge is 2.34. The third-order valence-corrected chi connectivity index (χ3v) is 3.69. The Bertz CT molecular complexity index is 672. The van der Waals surface area contributed by atoms with Crippen LogP contribution >= 0.6 is 11.6 Å². The van der Waals surface area contributed by atoms with E-state index >= 15 is 0 Å². The van der Waals surface area contributed by atoms with Gasteiger partial charge in [-0.15, -0.1) is 0 Å². The van der Waals surface area contributed by atoms with Crippen molar-refractivity contribution in [3.8, 4) is 11.6 Å². The minimum absolute atomic E-state index is 0.0379.